The Morgan fingerprint density at radius 3 is 2.32 bits per heavy atom. The first-order valence-corrected chi connectivity index (χ1v) is 5.72. The van der Waals surface area contributed by atoms with Gasteiger partial charge in [-0.25, -0.2) is 0 Å². The van der Waals surface area contributed by atoms with Gasteiger partial charge in [-0.2, -0.15) is 0 Å². The molecule has 1 amide bonds. The largest absolute Gasteiger partial charge is 0.366 e. The molecular weight excluding hydrogens is 268 g/mol. The van der Waals surface area contributed by atoms with Gasteiger partial charge in [-0.3, -0.25) is 14.9 Å². The minimum atomic E-state index is -0.737. The summed E-state index contributed by atoms with van der Waals surface area (Å²) in [6.07, 6.45) is 0. The van der Waals surface area contributed by atoms with Crippen molar-refractivity contribution in [2.75, 3.05) is 0 Å². The lowest BCUT2D eigenvalue weighted by molar-refractivity contribution is -0.384. The standard InChI is InChI=1S/C13H9ClN2O3/c14-10-7-6-9(13(15)17)11(12(10)16(18)19)8-4-2-1-3-5-8/h1-7H,(H2,15,17). The molecule has 2 aromatic rings. The van der Waals surface area contributed by atoms with Crippen LogP contribution < -0.4 is 5.73 Å². The lowest BCUT2D eigenvalue weighted by Gasteiger charge is -2.09. The Labute approximate surface area is 113 Å². The first kappa shape index (κ1) is 13.0. The number of nitro benzene ring substituents is 1. The Balaban J connectivity index is 2.85. The molecule has 0 spiro atoms. The molecule has 0 radical (unpaired) electrons. The highest BCUT2D eigenvalue weighted by atomic mass is 35.5. The third kappa shape index (κ3) is 2.41. The fourth-order valence-electron chi connectivity index (χ4n) is 1.85. The third-order valence-electron chi connectivity index (χ3n) is 2.64. The number of rotatable bonds is 3. The lowest BCUT2D eigenvalue weighted by atomic mass is 9.97. The summed E-state index contributed by atoms with van der Waals surface area (Å²) in [5, 5.41) is 11.1. The van der Waals surface area contributed by atoms with Gasteiger partial charge in [-0.15, -0.1) is 0 Å². The van der Waals surface area contributed by atoms with E-state index in [0.29, 0.717) is 5.56 Å². The molecular formula is C13H9ClN2O3. The molecule has 0 saturated heterocycles. The molecule has 2 aromatic carbocycles. The van der Waals surface area contributed by atoms with Crippen molar-refractivity contribution in [3.63, 3.8) is 0 Å². The van der Waals surface area contributed by atoms with E-state index in [9.17, 15) is 14.9 Å². The van der Waals surface area contributed by atoms with E-state index in [1.54, 1.807) is 30.3 Å². The third-order valence-corrected chi connectivity index (χ3v) is 2.94. The van der Waals surface area contributed by atoms with Gasteiger partial charge in [0.2, 0.25) is 5.91 Å². The number of primary amides is 1. The second kappa shape index (κ2) is 5.07. The van der Waals surface area contributed by atoms with Crippen LogP contribution in [0.2, 0.25) is 5.02 Å². The van der Waals surface area contributed by atoms with Crippen LogP contribution in [0.25, 0.3) is 11.1 Å². The van der Waals surface area contributed by atoms with Crippen molar-refractivity contribution in [3.05, 3.63) is 63.2 Å². The van der Waals surface area contributed by atoms with Crippen LogP contribution >= 0.6 is 11.6 Å². The van der Waals surface area contributed by atoms with Gasteiger partial charge in [-0.1, -0.05) is 41.9 Å². The molecule has 2 rings (SSSR count). The number of hydrogen-bond donors (Lipinski definition) is 1. The minimum Gasteiger partial charge on any atom is -0.366 e. The van der Waals surface area contributed by atoms with E-state index < -0.39 is 10.8 Å². The molecule has 0 aromatic heterocycles. The molecule has 0 heterocycles. The number of nitro groups is 1. The normalized spacial score (nSPS) is 10.2. The smallest absolute Gasteiger partial charge is 0.296 e. The number of hydrogen-bond acceptors (Lipinski definition) is 3. The summed E-state index contributed by atoms with van der Waals surface area (Å²) in [6.45, 7) is 0. The number of carbonyl (C=O) groups excluding carboxylic acids is 1. The van der Waals surface area contributed by atoms with Crippen molar-refractivity contribution < 1.29 is 9.72 Å². The Morgan fingerprint density at radius 2 is 1.79 bits per heavy atom. The van der Waals surface area contributed by atoms with Crippen LogP contribution in [0.4, 0.5) is 5.69 Å². The summed E-state index contributed by atoms with van der Waals surface area (Å²) in [5.74, 6) is -0.737. The van der Waals surface area contributed by atoms with Crippen molar-refractivity contribution in [1.29, 1.82) is 0 Å². The summed E-state index contributed by atoms with van der Waals surface area (Å²) < 4.78 is 0. The van der Waals surface area contributed by atoms with E-state index in [4.69, 9.17) is 17.3 Å². The summed E-state index contributed by atoms with van der Waals surface area (Å²) in [4.78, 5) is 22.0. The number of nitrogens with two attached hydrogens (primary N) is 1. The average molecular weight is 277 g/mol. The zero-order valence-corrected chi connectivity index (χ0v) is 10.4. The van der Waals surface area contributed by atoms with E-state index in [0.717, 1.165) is 0 Å². The molecule has 5 nitrogen and oxygen atoms in total. The molecule has 6 heteroatoms. The van der Waals surface area contributed by atoms with Gasteiger partial charge >= 0.3 is 0 Å². The van der Waals surface area contributed by atoms with Crippen LogP contribution in [-0.4, -0.2) is 10.8 Å². The minimum absolute atomic E-state index is 0.0335. The summed E-state index contributed by atoms with van der Waals surface area (Å²) in [7, 11) is 0. The second-order valence-corrected chi connectivity index (χ2v) is 4.21. The molecule has 0 aliphatic carbocycles. The highest BCUT2D eigenvalue weighted by Crippen LogP contribution is 2.38. The lowest BCUT2D eigenvalue weighted by Crippen LogP contribution is -2.13. The summed E-state index contributed by atoms with van der Waals surface area (Å²) >= 11 is 5.86. The Morgan fingerprint density at radius 1 is 1.16 bits per heavy atom. The maximum atomic E-state index is 11.4. The fraction of sp³-hybridized carbons (Fsp3) is 0. The number of carbonyl (C=O) groups is 1. The van der Waals surface area contributed by atoms with Crippen LogP contribution in [0.3, 0.4) is 0 Å². The molecule has 0 saturated carbocycles. The van der Waals surface area contributed by atoms with Gasteiger partial charge < -0.3 is 5.73 Å². The van der Waals surface area contributed by atoms with Crippen molar-refractivity contribution in [2.24, 2.45) is 5.73 Å². The average Bonchev–Trinajstić information content (AvgIpc) is 2.38. The zero-order chi connectivity index (χ0) is 14.0. The van der Waals surface area contributed by atoms with Gasteiger partial charge in [0.25, 0.3) is 5.69 Å². The first-order chi connectivity index (χ1) is 9.02. The van der Waals surface area contributed by atoms with Gasteiger partial charge in [-0.05, 0) is 17.7 Å². The monoisotopic (exact) mass is 276 g/mol. The second-order valence-electron chi connectivity index (χ2n) is 3.81. The van der Waals surface area contributed by atoms with Crippen LogP contribution in [0.5, 0.6) is 0 Å². The zero-order valence-electron chi connectivity index (χ0n) is 9.67. The molecule has 0 aliphatic heterocycles. The highest BCUT2D eigenvalue weighted by Gasteiger charge is 2.25. The number of halogens is 1. The molecule has 96 valence electrons. The molecule has 0 aliphatic rings. The molecule has 0 unspecified atom stereocenters. The van der Waals surface area contributed by atoms with Gasteiger partial charge in [0.05, 0.1) is 16.1 Å². The quantitative estimate of drug-likeness (QED) is 0.690. The van der Waals surface area contributed by atoms with E-state index in [-0.39, 0.29) is 21.8 Å². The van der Waals surface area contributed by atoms with Gasteiger partial charge in [0.1, 0.15) is 5.02 Å². The first-order valence-electron chi connectivity index (χ1n) is 5.34. The Hall–Kier alpha value is -2.40. The maximum Gasteiger partial charge on any atom is 0.296 e. The predicted molar refractivity (Wildman–Crippen MR) is 72.1 cm³/mol. The molecule has 2 N–H and O–H groups in total. The van der Waals surface area contributed by atoms with Crippen molar-refractivity contribution in [1.82, 2.24) is 0 Å². The summed E-state index contributed by atoms with van der Waals surface area (Å²) in [5.41, 5.74) is 5.69. The van der Waals surface area contributed by atoms with E-state index in [1.165, 1.54) is 12.1 Å². The number of benzene rings is 2. The van der Waals surface area contributed by atoms with Crippen LogP contribution in [0, 0.1) is 10.1 Å². The van der Waals surface area contributed by atoms with Crippen LogP contribution in [0.1, 0.15) is 10.4 Å². The van der Waals surface area contributed by atoms with E-state index in [1.807, 2.05) is 0 Å². The van der Waals surface area contributed by atoms with Crippen molar-refractivity contribution in [2.45, 2.75) is 0 Å². The topological polar surface area (TPSA) is 86.2 Å². The van der Waals surface area contributed by atoms with Crippen molar-refractivity contribution >= 4 is 23.2 Å². The number of nitrogens with zero attached hydrogens (tertiary/aromatic N) is 1. The SMILES string of the molecule is NC(=O)c1ccc(Cl)c([N+](=O)[O-])c1-c1ccccc1. The molecule has 0 bridgehead atoms. The Bertz CT molecular complexity index is 656. The van der Waals surface area contributed by atoms with Crippen LogP contribution in [0.15, 0.2) is 42.5 Å². The maximum absolute atomic E-state index is 11.4. The number of amides is 1. The molecule has 19 heavy (non-hydrogen) atoms. The molecule has 0 fully saturated rings. The van der Waals surface area contributed by atoms with Crippen LogP contribution in [-0.2, 0) is 0 Å². The van der Waals surface area contributed by atoms with Gasteiger partial charge in [0, 0.05) is 0 Å². The van der Waals surface area contributed by atoms with E-state index >= 15 is 0 Å². The van der Waals surface area contributed by atoms with Gasteiger partial charge in [0.15, 0.2) is 0 Å². The van der Waals surface area contributed by atoms with Crippen molar-refractivity contribution in [3.8, 4) is 11.1 Å². The van der Waals surface area contributed by atoms with E-state index in [2.05, 4.69) is 0 Å². The fourth-order valence-corrected chi connectivity index (χ4v) is 2.07. The summed E-state index contributed by atoms with van der Waals surface area (Å²) in [6, 6.07) is 11.2. The Kier molecular flexibility index (Phi) is 3.48. The molecule has 0 atom stereocenters. The predicted octanol–water partition coefficient (Wildman–Crippen LogP) is 3.01. The highest BCUT2D eigenvalue weighted by molar-refractivity contribution is 6.33.